The van der Waals surface area contributed by atoms with Crippen LogP contribution in [0.15, 0.2) is 24.3 Å². The Labute approximate surface area is 118 Å². The van der Waals surface area contributed by atoms with Crippen LogP contribution in [0.5, 0.6) is 5.75 Å². The highest BCUT2D eigenvalue weighted by Crippen LogP contribution is 2.16. The van der Waals surface area contributed by atoms with E-state index in [1.165, 1.54) is 24.3 Å². The number of carbonyl (C=O) groups excluding carboxylic acids is 1. The van der Waals surface area contributed by atoms with Crippen molar-refractivity contribution in [2.75, 3.05) is 33.3 Å². The molecule has 1 N–H and O–H groups in total. The van der Waals surface area contributed by atoms with Gasteiger partial charge in [0.05, 0.1) is 0 Å². The van der Waals surface area contributed by atoms with Gasteiger partial charge in [-0.2, -0.15) is 0 Å². The molecule has 1 amide bonds. The van der Waals surface area contributed by atoms with E-state index in [9.17, 15) is 9.18 Å². The van der Waals surface area contributed by atoms with E-state index in [0.29, 0.717) is 11.7 Å². The lowest BCUT2D eigenvalue weighted by Gasteiger charge is -2.32. The second kappa shape index (κ2) is 7.24. The highest BCUT2D eigenvalue weighted by atomic mass is 19.1. The predicted molar refractivity (Wildman–Crippen MR) is 75.1 cm³/mol. The fourth-order valence-electron chi connectivity index (χ4n) is 2.51. The van der Waals surface area contributed by atoms with Gasteiger partial charge in [-0.05, 0) is 56.6 Å². The van der Waals surface area contributed by atoms with Crippen molar-refractivity contribution >= 4 is 5.91 Å². The number of likely N-dealkylation sites (tertiary alicyclic amines) is 1. The zero-order valence-electron chi connectivity index (χ0n) is 11.8. The quantitative estimate of drug-likeness (QED) is 0.892. The van der Waals surface area contributed by atoms with Crippen LogP contribution in [0.3, 0.4) is 0 Å². The Morgan fingerprint density at radius 1 is 1.45 bits per heavy atom. The molecule has 0 spiro atoms. The molecule has 0 bridgehead atoms. The SMILES string of the molecule is CNCC1CCCN(C(=O)COc2ccc(F)cc2)C1. The van der Waals surface area contributed by atoms with Gasteiger partial charge in [-0.1, -0.05) is 0 Å². The van der Waals surface area contributed by atoms with Crippen molar-refractivity contribution in [2.24, 2.45) is 5.92 Å². The molecule has 1 aliphatic rings. The van der Waals surface area contributed by atoms with E-state index >= 15 is 0 Å². The number of amides is 1. The summed E-state index contributed by atoms with van der Waals surface area (Å²) in [5, 5.41) is 3.16. The third-order valence-corrected chi connectivity index (χ3v) is 3.54. The number of hydrogen-bond donors (Lipinski definition) is 1. The van der Waals surface area contributed by atoms with Crippen LogP contribution in [-0.2, 0) is 4.79 Å². The van der Waals surface area contributed by atoms with Gasteiger partial charge in [0.2, 0.25) is 0 Å². The summed E-state index contributed by atoms with van der Waals surface area (Å²) in [7, 11) is 1.93. The lowest BCUT2D eigenvalue weighted by molar-refractivity contribution is -0.135. The van der Waals surface area contributed by atoms with Crippen LogP contribution >= 0.6 is 0 Å². The van der Waals surface area contributed by atoms with Crippen molar-refractivity contribution < 1.29 is 13.9 Å². The summed E-state index contributed by atoms with van der Waals surface area (Å²) < 4.78 is 18.2. The molecule has 0 radical (unpaired) electrons. The first-order chi connectivity index (χ1) is 9.69. The van der Waals surface area contributed by atoms with Crippen LogP contribution in [0, 0.1) is 11.7 Å². The molecular formula is C15H21FN2O2. The summed E-state index contributed by atoms with van der Waals surface area (Å²) in [6.45, 7) is 2.53. The van der Waals surface area contributed by atoms with E-state index in [4.69, 9.17) is 4.74 Å². The molecule has 1 aromatic rings. The second-order valence-electron chi connectivity index (χ2n) is 5.15. The zero-order chi connectivity index (χ0) is 14.4. The highest BCUT2D eigenvalue weighted by molar-refractivity contribution is 5.77. The van der Waals surface area contributed by atoms with Crippen LogP contribution in [0.1, 0.15) is 12.8 Å². The van der Waals surface area contributed by atoms with Crippen molar-refractivity contribution in [3.63, 3.8) is 0 Å². The minimum Gasteiger partial charge on any atom is -0.484 e. The lowest BCUT2D eigenvalue weighted by Crippen LogP contribution is -2.44. The van der Waals surface area contributed by atoms with Gasteiger partial charge in [0.25, 0.3) is 5.91 Å². The van der Waals surface area contributed by atoms with Crippen LogP contribution in [-0.4, -0.2) is 44.1 Å². The van der Waals surface area contributed by atoms with Crippen molar-refractivity contribution in [3.8, 4) is 5.75 Å². The number of nitrogens with zero attached hydrogens (tertiary/aromatic N) is 1. The van der Waals surface area contributed by atoms with Crippen LogP contribution in [0.25, 0.3) is 0 Å². The molecule has 1 saturated heterocycles. The summed E-state index contributed by atoms with van der Waals surface area (Å²) in [5.41, 5.74) is 0. The fraction of sp³-hybridized carbons (Fsp3) is 0.533. The Hall–Kier alpha value is -1.62. The number of piperidine rings is 1. The van der Waals surface area contributed by atoms with E-state index in [2.05, 4.69) is 5.32 Å². The molecule has 110 valence electrons. The Morgan fingerprint density at radius 2 is 2.20 bits per heavy atom. The minimum atomic E-state index is -0.311. The molecule has 1 fully saturated rings. The highest BCUT2D eigenvalue weighted by Gasteiger charge is 2.23. The maximum absolute atomic E-state index is 12.8. The van der Waals surface area contributed by atoms with Crippen molar-refractivity contribution in [3.05, 3.63) is 30.1 Å². The van der Waals surface area contributed by atoms with E-state index in [0.717, 1.165) is 32.5 Å². The number of rotatable bonds is 5. The summed E-state index contributed by atoms with van der Waals surface area (Å²) in [6, 6.07) is 5.71. The summed E-state index contributed by atoms with van der Waals surface area (Å²) in [4.78, 5) is 14.0. The molecule has 1 aliphatic heterocycles. The predicted octanol–water partition coefficient (Wildman–Crippen LogP) is 1.66. The van der Waals surface area contributed by atoms with Crippen molar-refractivity contribution in [1.82, 2.24) is 10.2 Å². The molecular weight excluding hydrogens is 259 g/mol. The topological polar surface area (TPSA) is 41.6 Å². The lowest BCUT2D eigenvalue weighted by atomic mass is 9.98. The van der Waals surface area contributed by atoms with Gasteiger partial charge in [0.1, 0.15) is 11.6 Å². The summed E-state index contributed by atoms with van der Waals surface area (Å²) in [5.74, 6) is 0.719. The average molecular weight is 280 g/mol. The van der Waals surface area contributed by atoms with E-state index in [1.807, 2.05) is 11.9 Å². The maximum atomic E-state index is 12.8. The van der Waals surface area contributed by atoms with Crippen molar-refractivity contribution in [2.45, 2.75) is 12.8 Å². The third-order valence-electron chi connectivity index (χ3n) is 3.54. The normalized spacial score (nSPS) is 18.9. The van der Waals surface area contributed by atoms with Gasteiger partial charge in [0.15, 0.2) is 6.61 Å². The van der Waals surface area contributed by atoms with Gasteiger partial charge in [-0.25, -0.2) is 4.39 Å². The molecule has 1 aromatic carbocycles. The van der Waals surface area contributed by atoms with Gasteiger partial charge in [0, 0.05) is 13.1 Å². The smallest absolute Gasteiger partial charge is 0.260 e. The number of ether oxygens (including phenoxy) is 1. The molecule has 20 heavy (non-hydrogen) atoms. The third kappa shape index (κ3) is 4.20. The monoisotopic (exact) mass is 280 g/mol. The number of carbonyl (C=O) groups is 1. The molecule has 2 rings (SSSR count). The van der Waals surface area contributed by atoms with E-state index < -0.39 is 0 Å². The number of halogens is 1. The van der Waals surface area contributed by atoms with Gasteiger partial charge >= 0.3 is 0 Å². The minimum absolute atomic E-state index is 0.00451. The largest absolute Gasteiger partial charge is 0.484 e. The number of nitrogens with one attached hydrogen (secondary N) is 1. The molecule has 1 atom stereocenters. The van der Waals surface area contributed by atoms with E-state index in [-0.39, 0.29) is 18.3 Å². The standard InChI is InChI=1S/C15H21FN2O2/c1-17-9-12-3-2-8-18(10-12)15(19)11-20-14-6-4-13(16)5-7-14/h4-7,12,17H,2-3,8-11H2,1H3. The van der Waals surface area contributed by atoms with Gasteiger partial charge in [-0.3, -0.25) is 4.79 Å². The Kier molecular flexibility index (Phi) is 5.35. The molecule has 5 heteroatoms. The van der Waals surface area contributed by atoms with Crippen LogP contribution < -0.4 is 10.1 Å². The van der Waals surface area contributed by atoms with Crippen LogP contribution in [0.4, 0.5) is 4.39 Å². The first-order valence-corrected chi connectivity index (χ1v) is 7.00. The van der Waals surface area contributed by atoms with E-state index in [1.54, 1.807) is 0 Å². The van der Waals surface area contributed by atoms with Gasteiger partial charge in [-0.15, -0.1) is 0 Å². The number of hydrogen-bond acceptors (Lipinski definition) is 3. The van der Waals surface area contributed by atoms with Gasteiger partial charge < -0.3 is 15.0 Å². The Balaban J connectivity index is 1.80. The molecule has 0 aliphatic carbocycles. The van der Waals surface area contributed by atoms with Crippen LogP contribution in [0.2, 0.25) is 0 Å². The molecule has 1 heterocycles. The van der Waals surface area contributed by atoms with Crippen molar-refractivity contribution in [1.29, 1.82) is 0 Å². The Morgan fingerprint density at radius 3 is 2.90 bits per heavy atom. The molecule has 1 unspecified atom stereocenters. The molecule has 0 saturated carbocycles. The first-order valence-electron chi connectivity index (χ1n) is 7.00. The zero-order valence-corrected chi connectivity index (χ0v) is 11.8. The molecule has 0 aromatic heterocycles. The summed E-state index contributed by atoms with van der Waals surface area (Å²) in [6.07, 6.45) is 2.19. The Bertz CT molecular complexity index is 434. The molecule has 4 nitrogen and oxygen atoms in total. The number of benzene rings is 1. The fourth-order valence-corrected chi connectivity index (χ4v) is 2.51. The second-order valence-corrected chi connectivity index (χ2v) is 5.15. The average Bonchev–Trinajstić information content (AvgIpc) is 2.47. The first kappa shape index (κ1) is 14.8. The maximum Gasteiger partial charge on any atom is 0.260 e. The summed E-state index contributed by atoms with van der Waals surface area (Å²) >= 11 is 0.